The van der Waals surface area contributed by atoms with Gasteiger partial charge < -0.3 is 4.74 Å². The number of hydrogen-bond acceptors (Lipinski definition) is 5. The number of esters is 1. The number of carbonyl (C=O) groups is 1. The van der Waals surface area contributed by atoms with Crippen LogP contribution in [-0.4, -0.2) is 27.0 Å². The van der Waals surface area contributed by atoms with Gasteiger partial charge in [0.15, 0.2) is 6.10 Å². The molecule has 19 heavy (non-hydrogen) atoms. The number of carbonyl (C=O) groups excluding carboxylic acids is 1. The summed E-state index contributed by atoms with van der Waals surface area (Å²) in [5.41, 5.74) is 0. The monoisotopic (exact) mass is 286 g/mol. The molecule has 1 aromatic rings. The van der Waals surface area contributed by atoms with Gasteiger partial charge in [0.25, 0.3) is 0 Å². The van der Waals surface area contributed by atoms with Gasteiger partial charge in [-0.25, -0.2) is 12.8 Å². The van der Waals surface area contributed by atoms with Crippen molar-refractivity contribution in [2.45, 2.75) is 17.9 Å². The third kappa shape index (κ3) is 4.31. The first-order chi connectivity index (χ1) is 8.86. The molecule has 1 N–H and O–H groups in total. The zero-order valence-electron chi connectivity index (χ0n) is 9.96. The van der Waals surface area contributed by atoms with Crippen LogP contribution in [0.5, 0.6) is 0 Å². The molecule has 0 aliphatic heterocycles. The molecule has 0 radical (unpaired) electrons. The Morgan fingerprint density at radius 1 is 1.53 bits per heavy atom. The SMILES string of the molecule is C[C@H](C#N)OC(=O)CNS(=O)(=O)c1ccccc1F. The molecular weight excluding hydrogens is 275 g/mol. The summed E-state index contributed by atoms with van der Waals surface area (Å²) < 4.78 is 43.1. The maximum absolute atomic E-state index is 13.3. The number of benzene rings is 1. The molecule has 0 unspecified atom stereocenters. The summed E-state index contributed by atoms with van der Waals surface area (Å²) in [7, 11) is -4.14. The minimum atomic E-state index is -4.14. The van der Waals surface area contributed by atoms with Gasteiger partial charge in [-0.2, -0.15) is 9.98 Å². The van der Waals surface area contributed by atoms with E-state index in [0.29, 0.717) is 0 Å². The summed E-state index contributed by atoms with van der Waals surface area (Å²) in [5.74, 6) is -1.84. The van der Waals surface area contributed by atoms with Crippen LogP contribution in [0, 0.1) is 17.1 Å². The van der Waals surface area contributed by atoms with Gasteiger partial charge in [-0.05, 0) is 19.1 Å². The van der Waals surface area contributed by atoms with Crippen LogP contribution in [0.3, 0.4) is 0 Å². The zero-order valence-corrected chi connectivity index (χ0v) is 10.8. The lowest BCUT2D eigenvalue weighted by Gasteiger charge is -2.08. The molecule has 0 fully saturated rings. The molecule has 0 saturated heterocycles. The lowest BCUT2D eigenvalue weighted by Crippen LogP contribution is -2.32. The van der Waals surface area contributed by atoms with Crippen LogP contribution >= 0.6 is 0 Å². The molecule has 0 amide bonds. The van der Waals surface area contributed by atoms with E-state index in [9.17, 15) is 17.6 Å². The second-order valence-electron chi connectivity index (χ2n) is 3.52. The average molecular weight is 286 g/mol. The molecule has 1 aromatic carbocycles. The minimum Gasteiger partial charge on any atom is -0.446 e. The number of nitriles is 1. The van der Waals surface area contributed by atoms with E-state index in [-0.39, 0.29) is 0 Å². The van der Waals surface area contributed by atoms with Crippen molar-refractivity contribution in [2.75, 3.05) is 6.54 Å². The molecule has 0 aliphatic carbocycles. The third-order valence-electron chi connectivity index (χ3n) is 2.02. The predicted octanol–water partition coefficient (Wildman–Crippen LogP) is 0.559. The van der Waals surface area contributed by atoms with Gasteiger partial charge in [0.1, 0.15) is 23.3 Å². The van der Waals surface area contributed by atoms with E-state index in [2.05, 4.69) is 4.74 Å². The van der Waals surface area contributed by atoms with Gasteiger partial charge >= 0.3 is 5.97 Å². The van der Waals surface area contributed by atoms with Crippen LogP contribution in [0.4, 0.5) is 4.39 Å². The van der Waals surface area contributed by atoms with Gasteiger partial charge in [0.2, 0.25) is 10.0 Å². The highest BCUT2D eigenvalue weighted by molar-refractivity contribution is 7.89. The van der Waals surface area contributed by atoms with Crippen LogP contribution < -0.4 is 4.72 Å². The Morgan fingerprint density at radius 3 is 2.74 bits per heavy atom. The molecule has 102 valence electrons. The molecule has 0 aromatic heterocycles. The Kier molecular flexibility index (Phi) is 4.97. The molecule has 0 bridgehead atoms. The molecule has 0 saturated carbocycles. The average Bonchev–Trinajstić information content (AvgIpc) is 2.36. The Labute approximate surface area is 109 Å². The van der Waals surface area contributed by atoms with E-state index in [4.69, 9.17) is 5.26 Å². The first kappa shape index (κ1) is 15.1. The second kappa shape index (κ2) is 6.26. The van der Waals surface area contributed by atoms with Crippen LogP contribution in [0.25, 0.3) is 0 Å². The van der Waals surface area contributed by atoms with Crippen molar-refractivity contribution in [1.29, 1.82) is 5.26 Å². The highest BCUT2D eigenvalue weighted by Crippen LogP contribution is 2.12. The molecular formula is C11H11FN2O4S. The Bertz CT molecular complexity index is 609. The van der Waals surface area contributed by atoms with E-state index in [1.54, 1.807) is 6.07 Å². The lowest BCUT2D eigenvalue weighted by atomic mass is 10.4. The molecule has 1 rings (SSSR count). The molecule has 6 nitrogen and oxygen atoms in total. The highest BCUT2D eigenvalue weighted by atomic mass is 32.2. The maximum Gasteiger partial charge on any atom is 0.322 e. The number of nitrogens with one attached hydrogen (secondary N) is 1. The van der Waals surface area contributed by atoms with E-state index in [1.165, 1.54) is 19.1 Å². The quantitative estimate of drug-likeness (QED) is 0.798. The Hall–Kier alpha value is -1.98. The summed E-state index contributed by atoms with van der Waals surface area (Å²) in [6.45, 7) is 0.659. The highest BCUT2D eigenvalue weighted by Gasteiger charge is 2.20. The van der Waals surface area contributed by atoms with Gasteiger partial charge in [-0.15, -0.1) is 0 Å². The van der Waals surface area contributed by atoms with Crippen LogP contribution in [0.15, 0.2) is 29.2 Å². The van der Waals surface area contributed by atoms with Crippen molar-refractivity contribution in [3.8, 4) is 6.07 Å². The minimum absolute atomic E-state index is 0.559. The molecule has 8 heteroatoms. The number of ether oxygens (including phenoxy) is 1. The topological polar surface area (TPSA) is 96.3 Å². The van der Waals surface area contributed by atoms with Gasteiger partial charge in [0.05, 0.1) is 0 Å². The van der Waals surface area contributed by atoms with E-state index < -0.39 is 39.4 Å². The molecule has 0 spiro atoms. The van der Waals surface area contributed by atoms with Crippen molar-refractivity contribution in [3.63, 3.8) is 0 Å². The standard InChI is InChI=1S/C11H11FN2O4S/c1-8(6-13)18-11(15)7-14-19(16,17)10-5-3-2-4-9(10)12/h2-5,8,14H,7H2,1H3/t8-/m1/s1. The molecule has 1 atom stereocenters. The molecule has 0 aliphatic rings. The fourth-order valence-corrected chi connectivity index (χ4v) is 2.21. The van der Waals surface area contributed by atoms with Crippen molar-refractivity contribution in [2.24, 2.45) is 0 Å². The number of nitrogens with zero attached hydrogens (tertiary/aromatic N) is 1. The Balaban J connectivity index is 2.70. The van der Waals surface area contributed by atoms with Crippen LogP contribution in [0.2, 0.25) is 0 Å². The summed E-state index contributed by atoms with van der Waals surface area (Å²) in [6, 6.07) is 6.41. The first-order valence-electron chi connectivity index (χ1n) is 5.20. The van der Waals surface area contributed by atoms with E-state index in [1.807, 2.05) is 4.72 Å². The second-order valence-corrected chi connectivity index (χ2v) is 5.25. The van der Waals surface area contributed by atoms with Gasteiger partial charge in [-0.1, -0.05) is 12.1 Å². The summed E-state index contributed by atoms with van der Waals surface area (Å²) in [4.78, 5) is 10.6. The predicted molar refractivity (Wildman–Crippen MR) is 62.8 cm³/mol. The summed E-state index contributed by atoms with van der Waals surface area (Å²) >= 11 is 0. The van der Waals surface area contributed by atoms with Crippen molar-refractivity contribution < 1.29 is 22.3 Å². The van der Waals surface area contributed by atoms with E-state index >= 15 is 0 Å². The summed E-state index contributed by atoms with van der Waals surface area (Å²) in [6.07, 6.45) is -0.981. The fraction of sp³-hybridized carbons (Fsp3) is 0.273. The number of sulfonamides is 1. The summed E-state index contributed by atoms with van der Waals surface area (Å²) in [5, 5.41) is 8.41. The normalized spacial score (nSPS) is 12.5. The molecule has 0 heterocycles. The number of hydrogen-bond donors (Lipinski definition) is 1. The zero-order chi connectivity index (χ0) is 14.5. The number of rotatable bonds is 5. The smallest absolute Gasteiger partial charge is 0.322 e. The van der Waals surface area contributed by atoms with Crippen molar-refractivity contribution in [3.05, 3.63) is 30.1 Å². The van der Waals surface area contributed by atoms with Gasteiger partial charge in [0, 0.05) is 0 Å². The third-order valence-corrected chi connectivity index (χ3v) is 3.46. The van der Waals surface area contributed by atoms with Crippen LogP contribution in [0.1, 0.15) is 6.92 Å². The largest absolute Gasteiger partial charge is 0.446 e. The van der Waals surface area contributed by atoms with Gasteiger partial charge in [-0.3, -0.25) is 4.79 Å². The van der Waals surface area contributed by atoms with Crippen molar-refractivity contribution in [1.82, 2.24) is 4.72 Å². The first-order valence-corrected chi connectivity index (χ1v) is 6.68. The lowest BCUT2D eigenvalue weighted by molar-refractivity contribution is -0.144. The van der Waals surface area contributed by atoms with E-state index in [0.717, 1.165) is 12.1 Å². The fourth-order valence-electron chi connectivity index (χ4n) is 1.16. The maximum atomic E-state index is 13.3. The Morgan fingerprint density at radius 2 is 2.16 bits per heavy atom. The van der Waals surface area contributed by atoms with Crippen molar-refractivity contribution >= 4 is 16.0 Å². The number of halogens is 1. The van der Waals surface area contributed by atoms with Crippen LogP contribution in [-0.2, 0) is 19.6 Å².